The average molecular weight is 297 g/mol. The molecule has 2 aromatic heterocycles. The van der Waals surface area contributed by atoms with E-state index in [1.54, 1.807) is 11.3 Å². The molecule has 0 radical (unpaired) electrons. The van der Waals surface area contributed by atoms with Gasteiger partial charge in [-0.25, -0.2) is 4.98 Å². The Labute approximate surface area is 129 Å². The van der Waals surface area contributed by atoms with Crippen molar-refractivity contribution in [3.05, 3.63) is 45.3 Å². The Morgan fingerprint density at radius 3 is 2.90 bits per heavy atom. The van der Waals surface area contributed by atoms with E-state index in [-0.39, 0.29) is 6.04 Å². The van der Waals surface area contributed by atoms with Crippen LogP contribution < -0.4 is 5.32 Å². The van der Waals surface area contributed by atoms with Gasteiger partial charge in [-0.05, 0) is 48.3 Å². The Bertz CT molecular complexity index is 668. The molecule has 2 aromatic rings. The number of aryl methyl sites for hydroxylation is 2. The van der Waals surface area contributed by atoms with Crippen LogP contribution in [0.1, 0.15) is 48.0 Å². The highest BCUT2D eigenvalue weighted by molar-refractivity contribution is 7.10. The van der Waals surface area contributed by atoms with Gasteiger partial charge in [-0.3, -0.25) is 0 Å². The van der Waals surface area contributed by atoms with E-state index in [4.69, 9.17) is 4.98 Å². The molecule has 0 aromatic carbocycles. The number of aromatic nitrogens is 1. The molecule has 2 heterocycles. The number of hydrogen-bond acceptors (Lipinski definition) is 4. The number of anilines is 1. The van der Waals surface area contributed by atoms with Gasteiger partial charge in [0.25, 0.3) is 0 Å². The summed E-state index contributed by atoms with van der Waals surface area (Å²) in [6, 6.07) is 8.72. The zero-order chi connectivity index (χ0) is 14.8. The third kappa shape index (κ3) is 2.79. The minimum atomic E-state index is 0.198. The number of nitrogens with zero attached hydrogens (tertiary/aromatic N) is 2. The number of hydrogen-bond donors (Lipinski definition) is 1. The Hall–Kier alpha value is -1.86. The van der Waals surface area contributed by atoms with Gasteiger partial charge in [0, 0.05) is 10.6 Å². The first-order valence-electron chi connectivity index (χ1n) is 7.42. The van der Waals surface area contributed by atoms with Crippen LogP contribution in [0.2, 0.25) is 0 Å². The standard InChI is InChI=1S/C17H19N3S/c1-11(2)16(15-7-4-8-21-15)20-17-13(10-18)9-12-5-3-6-14(12)19-17/h4,7-9,11,16H,3,5-6H2,1-2H3,(H,19,20). The summed E-state index contributed by atoms with van der Waals surface area (Å²) >= 11 is 1.74. The molecule has 0 saturated carbocycles. The van der Waals surface area contributed by atoms with E-state index < -0.39 is 0 Å². The summed E-state index contributed by atoms with van der Waals surface area (Å²) in [5.74, 6) is 1.18. The fraction of sp³-hybridized carbons (Fsp3) is 0.412. The maximum Gasteiger partial charge on any atom is 0.144 e. The van der Waals surface area contributed by atoms with Crippen LogP contribution in [0, 0.1) is 17.2 Å². The zero-order valence-corrected chi connectivity index (χ0v) is 13.2. The quantitative estimate of drug-likeness (QED) is 0.914. The Morgan fingerprint density at radius 2 is 2.24 bits per heavy atom. The first kappa shape index (κ1) is 14.1. The summed E-state index contributed by atoms with van der Waals surface area (Å²) < 4.78 is 0. The van der Waals surface area contributed by atoms with Crippen molar-refractivity contribution in [2.75, 3.05) is 5.32 Å². The second-order valence-electron chi connectivity index (χ2n) is 5.84. The highest BCUT2D eigenvalue weighted by Gasteiger charge is 2.21. The molecular formula is C17H19N3S. The lowest BCUT2D eigenvalue weighted by molar-refractivity contribution is 0.551. The number of rotatable bonds is 4. The molecule has 0 saturated heterocycles. The molecule has 1 N–H and O–H groups in total. The van der Waals surface area contributed by atoms with Crippen molar-refractivity contribution in [2.24, 2.45) is 5.92 Å². The molecule has 1 aliphatic carbocycles. The van der Waals surface area contributed by atoms with Gasteiger partial charge in [-0.2, -0.15) is 5.26 Å². The topological polar surface area (TPSA) is 48.7 Å². The van der Waals surface area contributed by atoms with Crippen LogP contribution >= 0.6 is 11.3 Å². The van der Waals surface area contributed by atoms with Gasteiger partial charge in [0.1, 0.15) is 11.9 Å². The van der Waals surface area contributed by atoms with Crippen molar-refractivity contribution in [2.45, 2.75) is 39.2 Å². The Balaban J connectivity index is 1.95. The Kier molecular flexibility index (Phi) is 3.94. The minimum Gasteiger partial charge on any atom is -0.361 e. The van der Waals surface area contributed by atoms with Gasteiger partial charge in [0.05, 0.1) is 11.6 Å². The molecule has 0 bridgehead atoms. The number of fused-ring (bicyclic) bond motifs is 1. The molecule has 108 valence electrons. The number of pyridine rings is 1. The van der Waals surface area contributed by atoms with Crippen molar-refractivity contribution < 1.29 is 0 Å². The van der Waals surface area contributed by atoms with E-state index in [2.05, 4.69) is 42.7 Å². The SMILES string of the molecule is CC(C)C(Nc1nc2c(cc1C#N)CCC2)c1cccs1. The average Bonchev–Trinajstić information content (AvgIpc) is 3.14. The van der Waals surface area contributed by atoms with E-state index >= 15 is 0 Å². The lowest BCUT2D eigenvalue weighted by Gasteiger charge is -2.23. The molecule has 1 atom stereocenters. The highest BCUT2D eigenvalue weighted by atomic mass is 32.1. The second kappa shape index (κ2) is 5.87. The summed E-state index contributed by atoms with van der Waals surface area (Å²) in [4.78, 5) is 6.02. The largest absolute Gasteiger partial charge is 0.361 e. The van der Waals surface area contributed by atoms with Crippen LogP contribution in [-0.4, -0.2) is 4.98 Å². The molecule has 1 unspecified atom stereocenters. The monoisotopic (exact) mass is 297 g/mol. The van der Waals surface area contributed by atoms with Crippen molar-refractivity contribution in [3.8, 4) is 6.07 Å². The molecule has 3 nitrogen and oxygen atoms in total. The summed E-state index contributed by atoms with van der Waals surface area (Å²) in [5, 5.41) is 15.0. The zero-order valence-electron chi connectivity index (χ0n) is 12.4. The summed E-state index contributed by atoms with van der Waals surface area (Å²) in [6.45, 7) is 4.38. The van der Waals surface area contributed by atoms with Gasteiger partial charge >= 0.3 is 0 Å². The lowest BCUT2D eigenvalue weighted by Crippen LogP contribution is -2.17. The van der Waals surface area contributed by atoms with Crippen molar-refractivity contribution in [3.63, 3.8) is 0 Å². The maximum absolute atomic E-state index is 9.40. The predicted octanol–water partition coefficient (Wildman–Crippen LogP) is 4.31. The van der Waals surface area contributed by atoms with Gasteiger partial charge in [-0.15, -0.1) is 11.3 Å². The number of nitriles is 1. The van der Waals surface area contributed by atoms with Crippen LogP contribution in [0.4, 0.5) is 5.82 Å². The van der Waals surface area contributed by atoms with Gasteiger partial charge in [0.15, 0.2) is 0 Å². The second-order valence-corrected chi connectivity index (χ2v) is 6.82. The lowest BCUT2D eigenvalue weighted by atomic mass is 10.0. The van der Waals surface area contributed by atoms with E-state index in [0.29, 0.717) is 11.5 Å². The first-order valence-corrected chi connectivity index (χ1v) is 8.30. The molecule has 0 spiro atoms. The predicted molar refractivity (Wildman–Crippen MR) is 86.5 cm³/mol. The van der Waals surface area contributed by atoms with Gasteiger partial charge in [-0.1, -0.05) is 19.9 Å². The van der Waals surface area contributed by atoms with Crippen molar-refractivity contribution >= 4 is 17.2 Å². The van der Waals surface area contributed by atoms with E-state index in [0.717, 1.165) is 30.8 Å². The normalized spacial score (nSPS) is 14.8. The smallest absolute Gasteiger partial charge is 0.144 e. The molecule has 0 amide bonds. The van der Waals surface area contributed by atoms with Crippen LogP contribution in [0.25, 0.3) is 0 Å². The molecule has 3 rings (SSSR count). The van der Waals surface area contributed by atoms with Crippen molar-refractivity contribution in [1.29, 1.82) is 5.26 Å². The fourth-order valence-corrected chi connectivity index (χ4v) is 3.80. The Morgan fingerprint density at radius 1 is 1.38 bits per heavy atom. The minimum absolute atomic E-state index is 0.198. The third-order valence-corrected chi connectivity index (χ3v) is 4.94. The van der Waals surface area contributed by atoms with E-state index in [1.165, 1.54) is 10.4 Å². The van der Waals surface area contributed by atoms with Crippen LogP contribution in [0.3, 0.4) is 0 Å². The molecule has 4 heteroatoms. The highest BCUT2D eigenvalue weighted by Crippen LogP contribution is 2.32. The van der Waals surface area contributed by atoms with Crippen molar-refractivity contribution in [1.82, 2.24) is 4.98 Å². The maximum atomic E-state index is 9.40. The summed E-state index contributed by atoms with van der Waals surface area (Å²) in [7, 11) is 0. The molecule has 0 aliphatic heterocycles. The molecule has 21 heavy (non-hydrogen) atoms. The third-order valence-electron chi connectivity index (χ3n) is 3.98. The van der Waals surface area contributed by atoms with E-state index in [9.17, 15) is 5.26 Å². The van der Waals surface area contributed by atoms with Gasteiger partial charge in [0.2, 0.25) is 0 Å². The molecule has 1 aliphatic rings. The van der Waals surface area contributed by atoms with Crippen LogP contribution in [-0.2, 0) is 12.8 Å². The molecule has 0 fully saturated rings. The van der Waals surface area contributed by atoms with Crippen LogP contribution in [0.5, 0.6) is 0 Å². The summed E-state index contributed by atoms with van der Waals surface area (Å²) in [5.41, 5.74) is 3.07. The number of nitrogens with one attached hydrogen (secondary N) is 1. The fourth-order valence-electron chi connectivity index (χ4n) is 2.85. The van der Waals surface area contributed by atoms with E-state index in [1.807, 2.05) is 6.07 Å². The molecular weight excluding hydrogens is 278 g/mol. The van der Waals surface area contributed by atoms with Gasteiger partial charge < -0.3 is 5.32 Å². The first-order chi connectivity index (χ1) is 10.2. The van der Waals surface area contributed by atoms with Crippen LogP contribution in [0.15, 0.2) is 23.6 Å². The number of thiophene rings is 1. The summed E-state index contributed by atoms with van der Waals surface area (Å²) in [6.07, 6.45) is 3.23.